The third kappa shape index (κ3) is 2.20. The molecule has 1 N–H and O–H groups in total. The lowest BCUT2D eigenvalue weighted by atomic mass is 9.96. The molecule has 5 heteroatoms. The van der Waals surface area contributed by atoms with Crippen LogP contribution in [-0.2, 0) is 9.59 Å². The van der Waals surface area contributed by atoms with Crippen molar-refractivity contribution in [3.8, 4) is 0 Å². The summed E-state index contributed by atoms with van der Waals surface area (Å²) >= 11 is 0. The van der Waals surface area contributed by atoms with Crippen LogP contribution >= 0.6 is 0 Å². The highest BCUT2D eigenvalue weighted by Crippen LogP contribution is 2.28. The first-order valence-electron chi connectivity index (χ1n) is 5.79. The van der Waals surface area contributed by atoms with E-state index in [1.54, 1.807) is 13.0 Å². The van der Waals surface area contributed by atoms with Crippen molar-refractivity contribution in [3.63, 3.8) is 0 Å². The van der Waals surface area contributed by atoms with Crippen molar-refractivity contribution >= 4 is 17.6 Å². The number of piperidine rings is 1. The normalized spacial score (nSPS) is 20.0. The van der Waals surface area contributed by atoms with Crippen LogP contribution in [0.4, 0.5) is 10.1 Å². The third-order valence-electron chi connectivity index (χ3n) is 3.29. The average molecular weight is 251 g/mol. The van der Waals surface area contributed by atoms with Crippen LogP contribution in [0.25, 0.3) is 0 Å². The molecule has 0 spiro atoms. The van der Waals surface area contributed by atoms with Crippen LogP contribution in [0.2, 0.25) is 0 Å². The summed E-state index contributed by atoms with van der Waals surface area (Å²) in [6.45, 7) is 1.70. The number of aliphatic carboxylic acids is 1. The van der Waals surface area contributed by atoms with E-state index >= 15 is 0 Å². The van der Waals surface area contributed by atoms with Crippen molar-refractivity contribution in [2.24, 2.45) is 5.92 Å². The van der Waals surface area contributed by atoms with Crippen LogP contribution < -0.4 is 4.90 Å². The van der Waals surface area contributed by atoms with E-state index in [1.807, 2.05) is 0 Å². The van der Waals surface area contributed by atoms with Crippen LogP contribution in [-0.4, -0.2) is 23.5 Å². The molecule has 1 aromatic carbocycles. The molecule has 18 heavy (non-hydrogen) atoms. The molecule has 1 aromatic rings. The Kier molecular flexibility index (Phi) is 3.32. The summed E-state index contributed by atoms with van der Waals surface area (Å²) in [4.78, 5) is 24.2. The smallest absolute Gasteiger partial charge is 0.308 e. The molecule has 1 fully saturated rings. The van der Waals surface area contributed by atoms with Crippen molar-refractivity contribution in [1.82, 2.24) is 0 Å². The Morgan fingerprint density at radius 3 is 2.89 bits per heavy atom. The van der Waals surface area contributed by atoms with Crippen molar-refractivity contribution in [2.45, 2.75) is 19.8 Å². The maximum absolute atomic E-state index is 13.5. The highest BCUT2D eigenvalue weighted by molar-refractivity contribution is 5.96. The zero-order chi connectivity index (χ0) is 13.3. The number of anilines is 1. The van der Waals surface area contributed by atoms with Crippen molar-refractivity contribution in [3.05, 3.63) is 29.6 Å². The largest absolute Gasteiger partial charge is 0.481 e. The van der Waals surface area contributed by atoms with Gasteiger partial charge in [-0.3, -0.25) is 9.59 Å². The standard InChI is InChI=1S/C13H14FNO3/c1-8-10(14)3-2-4-11(8)15-7-9(13(17)18)5-6-12(15)16/h2-4,9H,5-7H2,1H3,(H,17,18). The lowest BCUT2D eigenvalue weighted by molar-refractivity contribution is -0.142. The van der Waals surface area contributed by atoms with Gasteiger partial charge >= 0.3 is 5.97 Å². The first-order chi connectivity index (χ1) is 8.50. The fraction of sp³-hybridized carbons (Fsp3) is 0.385. The summed E-state index contributed by atoms with van der Waals surface area (Å²) < 4.78 is 13.5. The molecule has 96 valence electrons. The number of carboxylic acids is 1. The zero-order valence-corrected chi connectivity index (χ0v) is 10.0. The molecular weight excluding hydrogens is 237 g/mol. The van der Waals surface area contributed by atoms with E-state index in [4.69, 9.17) is 5.11 Å². The Morgan fingerprint density at radius 1 is 1.50 bits per heavy atom. The van der Waals surface area contributed by atoms with Gasteiger partial charge in [0.25, 0.3) is 0 Å². The Labute approximate surface area is 104 Å². The fourth-order valence-corrected chi connectivity index (χ4v) is 2.17. The van der Waals surface area contributed by atoms with E-state index in [2.05, 4.69) is 0 Å². The molecule has 0 saturated carbocycles. The highest BCUT2D eigenvalue weighted by Gasteiger charge is 2.31. The van der Waals surface area contributed by atoms with Crippen molar-refractivity contribution in [1.29, 1.82) is 0 Å². The summed E-state index contributed by atoms with van der Waals surface area (Å²) in [6.07, 6.45) is 0.534. The summed E-state index contributed by atoms with van der Waals surface area (Å²) in [5.41, 5.74) is 0.836. The molecule has 0 aromatic heterocycles. The number of carboxylic acid groups (broad SMARTS) is 1. The second-order valence-electron chi connectivity index (χ2n) is 4.46. The van der Waals surface area contributed by atoms with Crippen molar-refractivity contribution < 1.29 is 19.1 Å². The van der Waals surface area contributed by atoms with Gasteiger partial charge in [-0.25, -0.2) is 4.39 Å². The van der Waals surface area contributed by atoms with Gasteiger partial charge in [-0.2, -0.15) is 0 Å². The van der Waals surface area contributed by atoms with E-state index < -0.39 is 17.7 Å². The highest BCUT2D eigenvalue weighted by atomic mass is 19.1. The monoisotopic (exact) mass is 251 g/mol. The number of hydrogen-bond acceptors (Lipinski definition) is 2. The lowest BCUT2D eigenvalue weighted by Gasteiger charge is -2.31. The zero-order valence-electron chi connectivity index (χ0n) is 10.0. The molecule has 0 bridgehead atoms. The van der Waals surface area contributed by atoms with Gasteiger partial charge in [0.15, 0.2) is 0 Å². The molecule has 0 radical (unpaired) electrons. The molecule has 2 rings (SSSR count). The number of carbonyl (C=O) groups is 2. The quantitative estimate of drug-likeness (QED) is 0.874. The van der Waals surface area contributed by atoms with Gasteiger partial charge in [-0.15, -0.1) is 0 Å². The first-order valence-corrected chi connectivity index (χ1v) is 5.79. The third-order valence-corrected chi connectivity index (χ3v) is 3.29. The average Bonchev–Trinajstić information content (AvgIpc) is 2.33. The summed E-state index contributed by atoms with van der Waals surface area (Å²) in [7, 11) is 0. The molecule has 1 atom stereocenters. The van der Waals surface area contributed by atoms with Crippen LogP contribution in [0.5, 0.6) is 0 Å². The summed E-state index contributed by atoms with van der Waals surface area (Å²) in [5, 5.41) is 9.00. The first kappa shape index (κ1) is 12.5. The maximum atomic E-state index is 13.5. The number of nitrogens with zero attached hydrogens (tertiary/aromatic N) is 1. The van der Waals surface area contributed by atoms with Gasteiger partial charge in [0.1, 0.15) is 5.82 Å². The Balaban J connectivity index is 2.33. The van der Waals surface area contributed by atoms with Gasteiger partial charge in [0.05, 0.1) is 5.92 Å². The van der Waals surface area contributed by atoms with E-state index in [9.17, 15) is 14.0 Å². The Morgan fingerprint density at radius 2 is 2.22 bits per heavy atom. The molecule has 0 aliphatic carbocycles. The molecule has 1 aliphatic heterocycles. The molecule has 1 unspecified atom stereocenters. The van der Waals surface area contributed by atoms with Gasteiger partial charge in [0.2, 0.25) is 5.91 Å². The summed E-state index contributed by atoms with van der Waals surface area (Å²) in [6, 6.07) is 4.48. The summed E-state index contributed by atoms with van der Waals surface area (Å²) in [5.74, 6) is -2.04. The number of halogens is 1. The minimum Gasteiger partial charge on any atom is -0.481 e. The number of rotatable bonds is 2. The minimum atomic E-state index is -0.915. The van der Waals surface area contributed by atoms with Gasteiger partial charge in [-0.05, 0) is 25.5 Å². The predicted octanol–water partition coefficient (Wildman–Crippen LogP) is 1.96. The van der Waals surface area contributed by atoms with Crippen molar-refractivity contribution in [2.75, 3.05) is 11.4 Å². The molecule has 1 aliphatic rings. The number of carbonyl (C=O) groups excluding carboxylic acids is 1. The molecule has 1 heterocycles. The van der Waals surface area contributed by atoms with E-state index in [1.165, 1.54) is 17.0 Å². The van der Waals surface area contributed by atoms with E-state index in [0.29, 0.717) is 17.7 Å². The second kappa shape index (κ2) is 4.76. The molecule has 1 saturated heterocycles. The molecule has 4 nitrogen and oxygen atoms in total. The van der Waals surface area contributed by atoms with Crippen LogP contribution in [0.1, 0.15) is 18.4 Å². The predicted molar refractivity (Wildman–Crippen MR) is 63.8 cm³/mol. The van der Waals surface area contributed by atoms with Gasteiger partial charge in [0, 0.05) is 24.2 Å². The SMILES string of the molecule is Cc1c(F)cccc1N1CC(C(=O)O)CCC1=O. The van der Waals surface area contributed by atoms with E-state index in [0.717, 1.165) is 0 Å². The van der Waals surface area contributed by atoms with Crippen LogP contribution in [0, 0.1) is 18.7 Å². The topological polar surface area (TPSA) is 57.6 Å². The number of benzene rings is 1. The van der Waals surface area contributed by atoms with Gasteiger partial charge in [-0.1, -0.05) is 6.07 Å². The Hall–Kier alpha value is -1.91. The number of hydrogen-bond donors (Lipinski definition) is 1. The van der Waals surface area contributed by atoms with Crippen LogP contribution in [0.15, 0.2) is 18.2 Å². The minimum absolute atomic E-state index is 0.110. The lowest BCUT2D eigenvalue weighted by Crippen LogP contribution is -2.43. The second-order valence-corrected chi connectivity index (χ2v) is 4.46. The molecule has 1 amide bonds. The van der Waals surface area contributed by atoms with E-state index in [-0.39, 0.29) is 18.9 Å². The Bertz CT molecular complexity index is 501. The molecular formula is C13H14FNO3. The van der Waals surface area contributed by atoms with Gasteiger partial charge < -0.3 is 10.0 Å². The number of amides is 1. The van der Waals surface area contributed by atoms with Crippen LogP contribution in [0.3, 0.4) is 0 Å². The maximum Gasteiger partial charge on any atom is 0.308 e. The fourth-order valence-electron chi connectivity index (χ4n) is 2.17.